The molecule has 1 saturated heterocycles. The minimum Gasteiger partial charge on any atom is -0.396 e. The molecule has 17 heavy (non-hydrogen) atoms. The van der Waals surface area contributed by atoms with Crippen LogP contribution in [0.4, 0.5) is 0 Å². The fourth-order valence-corrected chi connectivity index (χ4v) is 1.30. The number of aliphatic hydroxyl groups excluding tert-OH is 1. The van der Waals surface area contributed by atoms with Crippen LogP contribution < -0.4 is 0 Å². The largest absolute Gasteiger partial charge is 0.407 e. The summed E-state index contributed by atoms with van der Waals surface area (Å²) < 4.78 is 19.9. The molecule has 7 nitrogen and oxygen atoms in total. The smallest absolute Gasteiger partial charge is 0.396 e. The van der Waals surface area contributed by atoms with E-state index in [9.17, 15) is 9.13 Å². The van der Waals surface area contributed by atoms with Gasteiger partial charge < -0.3 is 24.7 Å². The normalized spacial score (nSPS) is 20.5. The van der Waals surface area contributed by atoms with Crippen molar-refractivity contribution >= 4 is 14.3 Å². The Bertz CT molecular complexity index is 272. The summed E-state index contributed by atoms with van der Waals surface area (Å²) in [6, 6.07) is 0. The predicted molar refractivity (Wildman–Crippen MR) is 65.2 cm³/mol. The summed E-state index contributed by atoms with van der Waals surface area (Å²) in [5, 5.41) is 8.50. The van der Waals surface area contributed by atoms with Gasteiger partial charge in [0.25, 0.3) is 0 Å². The van der Waals surface area contributed by atoms with Gasteiger partial charge in [0.1, 0.15) is 0 Å². The Morgan fingerprint density at radius 1 is 1.12 bits per heavy atom. The molecule has 0 aromatic rings. The molecule has 1 aliphatic heterocycles. The average molecular weight is 289 g/mol. The highest BCUT2D eigenvalue weighted by atomic mass is 32.1. The van der Waals surface area contributed by atoms with Crippen molar-refractivity contribution in [3.8, 4) is 0 Å². The van der Waals surface area contributed by atoms with E-state index in [0.29, 0.717) is 13.3 Å². The maximum Gasteiger partial charge on any atom is 0.407 e. The molecule has 1 atom stereocenters. The fourth-order valence-electron chi connectivity index (χ4n) is 1.30. The third-order valence-corrected chi connectivity index (χ3v) is 6.18. The zero-order valence-electron chi connectivity index (χ0n) is 9.90. The van der Waals surface area contributed by atoms with Gasteiger partial charge in [0.2, 0.25) is 0 Å². The third-order valence-electron chi connectivity index (χ3n) is 2.31. The zero-order valence-corrected chi connectivity index (χ0v) is 11.7. The molecule has 1 unspecified atom stereocenters. The summed E-state index contributed by atoms with van der Waals surface area (Å²) >= 11 is 0. The van der Waals surface area contributed by atoms with E-state index in [-0.39, 0.29) is 0 Å². The van der Waals surface area contributed by atoms with Crippen LogP contribution in [0.25, 0.3) is 0 Å². The van der Waals surface area contributed by atoms with E-state index in [1.807, 2.05) is 0 Å². The quantitative estimate of drug-likeness (QED) is 0.555. The second-order valence-electron chi connectivity index (χ2n) is 3.97. The van der Waals surface area contributed by atoms with Crippen LogP contribution in [0.15, 0.2) is 0 Å². The Morgan fingerprint density at radius 2 is 1.53 bits per heavy atom. The molecule has 0 aromatic carbocycles. The fraction of sp³-hybridized carbons (Fsp3) is 1.00. The van der Waals surface area contributed by atoms with Crippen molar-refractivity contribution in [2.24, 2.45) is 0 Å². The van der Waals surface area contributed by atoms with Gasteiger partial charge in [-0.2, -0.15) is 0 Å². The number of aliphatic hydroxyl groups is 1. The van der Waals surface area contributed by atoms with E-state index in [4.69, 9.17) is 19.8 Å². The first-order valence-electron chi connectivity index (χ1n) is 5.38. The van der Waals surface area contributed by atoms with Crippen molar-refractivity contribution in [3.63, 3.8) is 0 Å². The molecule has 1 heterocycles. The standard InChI is InChI=1S/C7H15NO.CH6O5P2/c9-7-3-6-8-4-1-2-5-8;1-7(2,3)8(4,5)6/h9H,1-7H2;1H3,(H,2,3)(H2,4,5,6). The number of hydrogen-bond donors (Lipinski definition) is 4. The van der Waals surface area contributed by atoms with Crippen LogP contribution in [0.5, 0.6) is 0 Å². The van der Waals surface area contributed by atoms with E-state index in [0.717, 1.165) is 13.0 Å². The molecular weight excluding hydrogens is 268 g/mol. The minimum absolute atomic E-state index is 0.344. The highest BCUT2D eigenvalue weighted by Crippen LogP contribution is 2.71. The first kappa shape index (κ1) is 17.3. The summed E-state index contributed by atoms with van der Waals surface area (Å²) in [5.74, 6) is 0. The van der Waals surface area contributed by atoms with Crippen molar-refractivity contribution in [1.29, 1.82) is 0 Å². The summed E-state index contributed by atoms with van der Waals surface area (Å²) in [6.45, 7) is 4.56. The molecule has 9 heteroatoms. The van der Waals surface area contributed by atoms with Crippen LogP contribution in [-0.4, -0.2) is 57.6 Å². The van der Waals surface area contributed by atoms with Gasteiger partial charge >= 0.3 is 14.3 Å². The van der Waals surface area contributed by atoms with E-state index in [1.54, 1.807) is 0 Å². The molecule has 1 aliphatic rings. The average Bonchev–Trinajstić information content (AvgIpc) is 2.64. The molecule has 104 valence electrons. The predicted octanol–water partition coefficient (Wildman–Crippen LogP) is 0.444. The van der Waals surface area contributed by atoms with Gasteiger partial charge in [0, 0.05) is 19.8 Å². The summed E-state index contributed by atoms with van der Waals surface area (Å²) in [7, 11) is -8.92. The summed E-state index contributed by atoms with van der Waals surface area (Å²) in [6.07, 6.45) is 3.65. The molecule has 0 bridgehead atoms. The molecule has 0 aliphatic carbocycles. The molecule has 0 radical (unpaired) electrons. The van der Waals surface area contributed by atoms with E-state index in [2.05, 4.69) is 4.90 Å². The maximum atomic E-state index is 10.0. The molecule has 4 N–H and O–H groups in total. The number of nitrogens with zero attached hydrogens (tertiary/aromatic N) is 1. The molecule has 1 fully saturated rings. The topological polar surface area (TPSA) is 118 Å². The number of likely N-dealkylation sites (tertiary alicyclic amines) is 1. The Balaban J connectivity index is 0.000000304. The lowest BCUT2D eigenvalue weighted by Crippen LogP contribution is -2.20. The molecule has 0 amide bonds. The lowest BCUT2D eigenvalue weighted by Gasteiger charge is -2.12. The van der Waals surface area contributed by atoms with Gasteiger partial charge in [-0.15, -0.1) is 0 Å². The molecule has 0 saturated carbocycles. The third kappa shape index (κ3) is 8.06. The molecule has 1 rings (SSSR count). The minimum atomic E-state index is -4.74. The zero-order chi connectivity index (χ0) is 13.5. The van der Waals surface area contributed by atoms with Gasteiger partial charge in [-0.05, 0) is 32.4 Å². The lowest BCUT2D eigenvalue weighted by atomic mass is 10.4. The Hall–Kier alpha value is 0.260. The molecule has 0 aromatic heterocycles. The molecular formula is C8H21NO6P2. The number of hydrogen-bond acceptors (Lipinski definition) is 4. The van der Waals surface area contributed by atoms with Crippen LogP contribution >= 0.6 is 14.3 Å². The van der Waals surface area contributed by atoms with Crippen LogP contribution in [0.3, 0.4) is 0 Å². The summed E-state index contributed by atoms with van der Waals surface area (Å²) in [5.41, 5.74) is 0. The van der Waals surface area contributed by atoms with Crippen LogP contribution in [0.2, 0.25) is 0 Å². The van der Waals surface area contributed by atoms with Crippen molar-refractivity contribution in [1.82, 2.24) is 4.90 Å². The van der Waals surface area contributed by atoms with Gasteiger partial charge in [0.15, 0.2) is 0 Å². The van der Waals surface area contributed by atoms with E-state index >= 15 is 0 Å². The maximum absolute atomic E-state index is 10.0. The van der Waals surface area contributed by atoms with Crippen LogP contribution in [-0.2, 0) is 9.13 Å². The van der Waals surface area contributed by atoms with Crippen molar-refractivity contribution in [2.75, 3.05) is 32.9 Å². The monoisotopic (exact) mass is 289 g/mol. The van der Waals surface area contributed by atoms with Gasteiger partial charge in [-0.3, -0.25) is 4.57 Å². The highest BCUT2D eigenvalue weighted by Gasteiger charge is 2.33. The van der Waals surface area contributed by atoms with Gasteiger partial charge in [-0.25, -0.2) is 4.57 Å². The lowest BCUT2D eigenvalue weighted by molar-refractivity contribution is 0.248. The Kier molecular flexibility index (Phi) is 7.76. The second-order valence-corrected chi connectivity index (χ2v) is 10.5. The Labute approximate surface area is 101 Å². The van der Waals surface area contributed by atoms with Crippen molar-refractivity contribution in [3.05, 3.63) is 0 Å². The van der Waals surface area contributed by atoms with Crippen molar-refractivity contribution in [2.45, 2.75) is 19.3 Å². The number of rotatable bonds is 4. The second kappa shape index (κ2) is 7.64. The highest BCUT2D eigenvalue weighted by molar-refractivity contribution is 8.28. The van der Waals surface area contributed by atoms with Crippen molar-refractivity contribution < 1.29 is 28.9 Å². The first-order valence-corrected chi connectivity index (χ1v) is 9.80. The summed E-state index contributed by atoms with van der Waals surface area (Å²) in [4.78, 5) is 26.5. The SMILES string of the molecule is CP(=O)(O)P(=O)(O)O.OCCCN1CCCC1. The van der Waals surface area contributed by atoms with Gasteiger partial charge in [-0.1, -0.05) is 0 Å². The van der Waals surface area contributed by atoms with E-state index < -0.39 is 14.3 Å². The Morgan fingerprint density at radius 3 is 1.82 bits per heavy atom. The van der Waals surface area contributed by atoms with Crippen LogP contribution in [0.1, 0.15) is 19.3 Å². The van der Waals surface area contributed by atoms with Gasteiger partial charge in [0.05, 0.1) is 0 Å². The first-order chi connectivity index (χ1) is 7.68. The van der Waals surface area contributed by atoms with Crippen LogP contribution in [0, 0.1) is 0 Å². The van der Waals surface area contributed by atoms with E-state index in [1.165, 1.54) is 25.9 Å². The molecule has 0 spiro atoms.